The van der Waals surface area contributed by atoms with E-state index in [4.69, 9.17) is 10.00 Å². The van der Waals surface area contributed by atoms with E-state index in [9.17, 15) is 13.2 Å². The molecule has 0 aromatic heterocycles. The molecule has 0 atom stereocenters. The zero-order valence-electron chi connectivity index (χ0n) is 17.8. The predicted molar refractivity (Wildman–Crippen MR) is 119 cm³/mol. The molecule has 7 nitrogen and oxygen atoms in total. The maximum atomic E-state index is 13.0. The quantitative estimate of drug-likeness (QED) is 0.696. The van der Waals surface area contributed by atoms with Gasteiger partial charge in [-0.05, 0) is 54.7 Å². The molecule has 0 unspecified atom stereocenters. The Morgan fingerprint density at radius 3 is 2.42 bits per heavy atom. The number of carbonyl (C=O) groups is 1. The fourth-order valence-electron chi connectivity index (χ4n) is 3.49. The molecular formula is C23H27N3O4S. The van der Waals surface area contributed by atoms with Crippen molar-refractivity contribution in [3.8, 4) is 11.8 Å². The second-order valence-electron chi connectivity index (χ2n) is 7.80. The molecule has 1 amide bonds. The third-order valence-corrected chi connectivity index (χ3v) is 7.17. The van der Waals surface area contributed by atoms with Gasteiger partial charge in [0.1, 0.15) is 11.8 Å². The van der Waals surface area contributed by atoms with Crippen LogP contribution >= 0.6 is 0 Å². The molecule has 0 aliphatic carbocycles. The first-order valence-electron chi connectivity index (χ1n) is 10.4. The first kappa shape index (κ1) is 22.8. The van der Waals surface area contributed by atoms with Crippen molar-refractivity contribution in [2.24, 2.45) is 0 Å². The van der Waals surface area contributed by atoms with Crippen LogP contribution in [0.4, 0.5) is 5.69 Å². The number of ether oxygens (including phenoxy) is 1. The Morgan fingerprint density at radius 2 is 1.81 bits per heavy atom. The highest BCUT2D eigenvalue weighted by atomic mass is 32.2. The van der Waals surface area contributed by atoms with E-state index in [-0.39, 0.29) is 22.8 Å². The molecule has 8 heteroatoms. The Morgan fingerprint density at radius 1 is 1.13 bits per heavy atom. The molecular weight excluding hydrogens is 414 g/mol. The number of sulfonamides is 1. The van der Waals surface area contributed by atoms with Gasteiger partial charge in [-0.15, -0.1) is 0 Å². The third-order valence-electron chi connectivity index (χ3n) is 5.28. The van der Waals surface area contributed by atoms with Crippen LogP contribution in [0.5, 0.6) is 5.75 Å². The molecule has 1 N–H and O–H groups in total. The van der Waals surface area contributed by atoms with Gasteiger partial charge in [-0.3, -0.25) is 4.79 Å². The van der Waals surface area contributed by atoms with E-state index in [1.165, 1.54) is 22.5 Å². The van der Waals surface area contributed by atoms with Gasteiger partial charge < -0.3 is 10.1 Å². The van der Waals surface area contributed by atoms with Crippen LogP contribution in [0.3, 0.4) is 0 Å². The summed E-state index contributed by atoms with van der Waals surface area (Å²) in [6.07, 6.45) is 2.65. The molecule has 2 aromatic rings. The van der Waals surface area contributed by atoms with Gasteiger partial charge >= 0.3 is 0 Å². The van der Waals surface area contributed by atoms with Crippen LogP contribution in [0.25, 0.3) is 0 Å². The number of hydrogen-bond acceptors (Lipinski definition) is 5. The molecule has 1 saturated heterocycles. The van der Waals surface area contributed by atoms with Crippen molar-refractivity contribution < 1.29 is 17.9 Å². The zero-order valence-corrected chi connectivity index (χ0v) is 18.6. The van der Waals surface area contributed by atoms with Crippen LogP contribution in [0.2, 0.25) is 0 Å². The highest BCUT2D eigenvalue weighted by molar-refractivity contribution is 7.89. The Balaban J connectivity index is 1.91. The largest absolute Gasteiger partial charge is 0.478 e. The minimum absolute atomic E-state index is 0.0408. The molecule has 1 aliphatic heterocycles. The number of piperidine rings is 1. The molecule has 164 valence electrons. The van der Waals surface area contributed by atoms with E-state index in [2.05, 4.69) is 19.2 Å². The lowest BCUT2D eigenvalue weighted by molar-refractivity contribution is 0.102. The minimum Gasteiger partial charge on any atom is -0.478 e. The molecule has 1 aliphatic rings. The minimum atomic E-state index is -3.71. The third kappa shape index (κ3) is 5.43. The smallest absolute Gasteiger partial charge is 0.259 e. The Labute approximate surface area is 183 Å². The van der Waals surface area contributed by atoms with Gasteiger partial charge in [0.2, 0.25) is 10.0 Å². The van der Waals surface area contributed by atoms with Gasteiger partial charge in [-0.25, -0.2) is 8.42 Å². The predicted octanol–water partition coefficient (Wildman–Crippen LogP) is 4.14. The lowest BCUT2D eigenvalue weighted by Crippen LogP contribution is -2.35. The number of carbonyl (C=O) groups excluding carboxylic acids is 1. The first-order valence-corrected chi connectivity index (χ1v) is 11.8. The van der Waals surface area contributed by atoms with E-state index in [1.54, 1.807) is 12.1 Å². The number of rotatable bonds is 7. The summed E-state index contributed by atoms with van der Waals surface area (Å²) >= 11 is 0. The van der Waals surface area contributed by atoms with Gasteiger partial charge in [0.05, 0.1) is 10.5 Å². The molecule has 3 rings (SSSR count). The maximum Gasteiger partial charge on any atom is 0.259 e. The van der Waals surface area contributed by atoms with Crippen molar-refractivity contribution in [1.82, 2.24) is 4.31 Å². The normalized spacial score (nSPS) is 14.8. The fourth-order valence-corrected chi connectivity index (χ4v) is 5.03. The van der Waals surface area contributed by atoms with Crippen LogP contribution in [0.1, 0.15) is 54.9 Å². The summed E-state index contributed by atoms with van der Waals surface area (Å²) in [6, 6.07) is 13.5. The second-order valence-corrected chi connectivity index (χ2v) is 9.74. The van der Waals surface area contributed by atoms with Crippen LogP contribution in [-0.4, -0.2) is 38.3 Å². The van der Waals surface area contributed by atoms with E-state index in [0.717, 1.165) is 24.8 Å². The second kappa shape index (κ2) is 9.94. The Bertz CT molecular complexity index is 1070. The molecule has 1 heterocycles. The van der Waals surface area contributed by atoms with Crippen molar-refractivity contribution in [3.63, 3.8) is 0 Å². The number of nitriles is 1. The summed E-state index contributed by atoms with van der Waals surface area (Å²) in [7, 11) is -3.71. The number of hydrogen-bond donors (Lipinski definition) is 1. The van der Waals surface area contributed by atoms with Crippen molar-refractivity contribution in [1.29, 1.82) is 5.26 Å². The zero-order chi connectivity index (χ0) is 22.4. The van der Waals surface area contributed by atoms with Crippen LogP contribution in [0, 0.1) is 11.3 Å². The van der Waals surface area contributed by atoms with Gasteiger partial charge in [-0.1, -0.05) is 32.4 Å². The molecule has 1 fully saturated rings. The Kier molecular flexibility index (Phi) is 7.31. The van der Waals surface area contributed by atoms with Gasteiger partial charge in [0, 0.05) is 18.8 Å². The molecule has 0 saturated carbocycles. The number of amides is 1. The van der Waals surface area contributed by atoms with E-state index in [0.29, 0.717) is 24.7 Å². The molecule has 0 spiro atoms. The summed E-state index contributed by atoms with van der Waals surface area (Å²) in [5.74, 6) is 0.0313. The van der Waals surface area contributed by atoms with Gasteiger partial charge in [-0.2, -0.15) is 9.57 Å². The van der Waals surface area contributed by atoms with Crippen molar-refractivity contribution in [3.05, 3.63) is 53.6 Å². The fraction of sp³-hybridized carbons (Fsp3) is 0.391. The number of nitrogens with one attached hydrogen (secondary N) is 1. The molecule has 0 radical (unpaired) electrons. The lowest BCUT2D eigenvalue weighted by atomic mass is 10.0. The topological polar surface area (TPSA) is 99.5 Å². The van der Waals surface area contributed by atoms with Gasteiger partial charge in [0.15, 0.2) is 6.61 Å². The summed E-state index contributed by atoms with van der Waals surface area (Å²) in [4.78, 5) is 13.0. The van der Waals surface area contributed by atoms with Crippen LogP contribution in [0.15, 0.2) is 47.4 Å². The SMILES string of the molecule is CC(C)c1ccc(NC(=O)c2cc(S(=O)(=O)N3CCCCC3)ccc2OCC#N)cc1. The highest BCUT2D eigenvalue weighted by Crippen LogP contribution is 2.27. The van der Waals surface area contributed by atoms with Crippen LogP contribution < -0.4 is 10.1 Å². The number of nitrogens with zero attached hydrogens (tertiary/aromatic N) is 2. The van der Waals surface area contributed by atoms with Crippen molar-refractivity contribution in [2.45, 2.75) is 43.9 Å². The number of anilines is 1. The molecule has 31 heavy (non-hydrogen) atoms. The van der Waals surface area contributed by atoms with E-state index < -0.39 is 15.9 Å². The van der Waals surface area contributed by atoms with E-state index >= 15 is 0 Å². The average Bonchev–Trinajstić information content (AvgIpc) is 2.78. The summed E-state index contributed by atoms with van der Waals surface area (Å²) in [6.45, 7) is 4.86. The standard InChI is InChI=1S/C23H27N3O4S/c1-17(2)18-6-8-19(9-7-18)25-23(27)21-16-20(10-11-22(21)30-15-12-24)31(28,29)26-13-4-3-5-14-26/h6-11,16-17H,3-5,13-15H2,1-2H3,(H,25,27). The average molecular weight is 442 g/mol. The summed E-state index contributed by atoms with van der Waals surface area (Å²) < 4.78 is 32.9. The Hall–Kier alpha value is -2.89. The number of benzene rings is 2. The molecule has 2 aromatic carbocycles. The van der Waals surface area contributed by atoms with Crippen molar-refractivity contribution in [2.75, 3.05) is 25.0 Å². The lowest BCUT2D eigenvalue weighted by Gasteiger charge is -2.26. The molecule has 0 bridgehead atoms. The van der Waals surface area contributed by atoms with Crippen molar-refractivity contribution >= 4 is 21.6 Å². The summed E-state index contributed by atoms with van der Waals surface area (Å²) in [5, 5.41) is 11.6. The highest BCUT2D eigenvalue weighted by Gasteiger charge is 2.27. The van der Waals surface area contributed by atoms with E-state index in [1.807, 2.05) is 18.2 Å². The van der Waals surface area contributed by atoms with Crippen LogP contribution in [-0.2, 0) is 10.0 Å². The monoisotopic (exact) mass is 441 g/mol. The first-order chi connectivity index (χ1) is 14.8. The van der Waals surface area contributed by atoms with Gasteiger partial charge in [0.25, 0.3) is 5.91 Å². The summed E-state index contributed by atoms with van der Waals surface area (Å²) in [5.41, 5.74) is 1.80. The maximum absolute atomic E-state index is 13.0.